The van der Waals surface area contributed by atoms with Crippen LogP contribution in [0.3, 0.4) is 0 Å². The molecule has 1 saturated heterocycles. The van der Waals surface area contributed by atoms with Crippen molar-refractivity contribution in [3.8, 4) is 5.75 Å². The van der Waals surface area contributed by atoms with Crippen LogP contribution in [0.4, 0.5) is 5.69 Å². The van der Waals surface area contributed by atoms with Crippen LogP contribution in [0.25, 0.3) is 0 Å². The molecule has 4 aliphatic rings. The Morgan fingerprint density at radius 3 is 2.29 bits per heavy atom. The van der Waals surface area contributed by atoms with Crippen molar-refractivity contribution in [2.24, 2.45) is 16.6 Å². The smallest absolute Gasteiger partial charge is 0.255 e. The van der Waals surface area contributed by atoms with Gasteiger partial charge in [0.15, 0.2) is 11.4 Å². The summed E-state index contributed by atoms with van der Waals surface area (Å²) in [6.45, 7) is 4.81. The lowest BCUT2D eigenvalue weighted by molar-refractivity contribution is -0.169. The highest BCUT2D eigenvalue weighted by Crippen LogP contribution is 2.63. The number of aliphatic hydroxyl groups is 3. The molecule has 0 radical (unpaired) electrons. The first kappa shape index (κ1) is 26.2. The number of phenolic OH excluding ortho intramolecular Hbond substituents is 1. The number of carbonyl (C=O) groups excluding carboxylic acids is 3. The molecular weight excluding hydrogens is 490 g/mol. The minimum Gasteiger partial charge on any atom is -0.510 e. The van der Waals surface area contributed by atoms with Crippen LogP contribution < -0.4 is 10.6 Å². The van der Waals surface area contributed by atoms with Crippen molar-refractivity contribution in [2.45, 2.75) is 57.6 Å². The maximum atomic E-state index is 14.1. The molecule has 6 N–H and O–H groups in total. The van der Waals surface area contributed by atoms with Crippen molar-refractivity contribution >= 4 is 23.2 Å². The van der Waals surface area contributed by atoms with E-state index in [1.807, 2.05) is 17.0 Å². The van der Waals surface area contributed by atoms with Crippen molar-refractivity contribution in [3.63, 3.8) is 0 Å². The number of aromatic hydroxyl groups is 1. The van der Waals surface area contributed by atoms with E-state index in [9.17, 15) is 34.8 Å². The number of primary amides is 1. The second-order valence-electron chi connectivity index (χ2n) is 11.9. The summed E-state index contributed by atoms with van der Waals surface area (Å²) in [5.74, 6) is -4.80. The van der Waals surface area contributed by atoms with E-state index in [1.165, 1.54) is 0 Å². The van der Waals surface area contributed by atoms with E-state index in [1.54, 1.807) is 32.8 Å². The fraction of sp³-hybridized carbons (Fsp3) is 0.536. The van der Waals surface area contributed by atoms with E-state index >= 15 is 0 Å². The Labute approximate surface area is 221 Å². The number of hydrogen-bond donors (Lipinski definition) is 5. The van der Waals surface area contributed by atoms with Gasteiger partial charge >= 0.3 is 0 Å². The molecule has 0 spiro atoms. The summed E-state index contributed by atoms with van der Waals surface area (Å²) in [6.07, 6.45) is 3.29. The Morgan fingerprint density at radius 2 is 1.71 bits per heavy atom. The van der Waals surface area contributed by atoms with Crippen LogP contribution in [0, 0.1) is 10.8 Å². The van der Waals surface area contributed by atoms with Crippen LogP contribution in [-0.2, 0) is 16.0 Å². The molecule has 38 heavy (non-hydrogen) atoms. The summed E-state index contributed by atoms with van der Waals surface area (Å²) in [5.41, 5.74) is 0.327. The lowest BCUT2D eigenvalue weighted by Crippen LogP contribution is -2.70. The average molecular weight is 526 g/mol. The number of hydrogen-bond acceptors (Lipinski definition) is 9. The monoisotopic (exact) mass is 525 g/mol. The van der Waals surface area contributed by atoms with Crippen LogP contribution in [0.1, 0.15) is 55.5 Å². The van der Waals surface area contributed by atoms with Gasteiger partial charge in [0.2, 0.25) is 5.78 Å². The minimum absolute atomic E-state index is 0.0143. The molecule has 3 aliphatic carbocycles. The number of anilines is 1. The van der Waals surface area contributed by atoms with Gasteiger partial charge in [-0.25, -0.2) is 0 Å². The number of allylic oxidation sites excluding steroid dienone is 1. The van der Waals surface area contributed by atoms with Gasteiger partial charge in [-0.05, 0) is 57.8 Å². The zero-order valence-corrected chi connectivity index (χ0v) is 22.2. The summed E-state index contributed by atoms with van der Waals surface area (Å²) in [6, 6.07) is 2.56. The molecule has 1 heterocycles. The van der Waals surface area contributed by atoms with E-state index in [0.717, 1.165) is 32.4 Å². The van der Waals surface area contributed by atoms with Crippen molar-refractivity contribution < 1.29 is 34.8 Å². The number of fused-ring (bicyclic) bond motifs is 3. The fourth-order valence-electron chi connectivity index (χ4n) is 7.70. The van der Waals surface area contributed by atoms with Crippen LogP contribution in [0.5, 0.6) is 5.75 Å². The molecular formula is C28H35N3O7. The van der Waals surface area contributed by atoms with Crippen LogP contribution in [-0.4, -0.2) is 81.6 Å². The average Bonchev–Trinajstić information content (AvgIpc) is 2.81. The first-order valence-electron chi connectivity index (χ1n) is 13.0. The van der Waals surface area contributed by atoms with Gasteiger partial charge in [-0.15, -0.1) is 0 Å². The molecule has 204 valence electrons. The molecule has 0 bridgehead atoms. The van der Waals surface area contributed by atoms with Crippen molar-refractivity contribution in [3.05, 3.63) is 45.9 Å². The molecule has 10 nitrogen and oxygen atoms in total. The summed E-state index contributed by atoms with van der Waals surface area (Å²) in [5, 5.41) is 46.0. The number of aliphatic hydroxyl groups excluding tert-OH is 2. The number of piperidine rings is 1. The van der Waals surface area contributed by atoms with E-state index in [-0.39, 0.29) is 29.7 Å². The van der Waals surface area contributed by atoms with Crippen LogP contribution >= 0.6 is 0 Å². The third kappa shape index (κ3) is 3.16. The largest absolute Gasteiger partial charge is 0.510 e. The highest BCUT2D eigenvalue weighted by molar-refractivity contribution is 6.25. The molecule has 0 aromatic heterocycles. The van der Waals surface area contributed by atoms with Gasteiger partial charge in [0.1, 0.15) is 22.8 Å². The van der Waals surface area contributed by atoms with Crippen molar-refractivity contribution in [1.82, 2.24) is 4.90 Å². The maximum Gasteiger partial charge on any atom is 0.255 e. The molecule has 10 heteroatoms. The molecule has 1 aromatic rings. The number of ketones is 2. The maximum absolute atomic E-state index is 14.1. The second-order valence-corrected chi connectivity index (χ2v) is 11.9. The summed E-state index contributed by atoms with van der Waals surface area (Å²) in [7, 11) is 3.22. The van der Waals surface area contributed by atoms with Gasteiger partial charge < -0.3 is 31.1 Å². The Balaban J connectivity index is 1.74. The Morgan fingerprint density at radius 1 is 1.08 bits per heavy atom. The van der Waals surface area contributed by atoms with E-state index in [0.29, 0.717) is 11.3 Å². The molecule has 5 rings (SSSR count). The fourth-order valence-corrected chi connectivity index (χ4v) is 7.70. The Kier molecular flexibility index (Phi) is 5.74. The predicted molar refractivity (Wildman–Crippen MR) is 139 cm³/mol. The number of carbonyl (C=O) groups is 3. The normalized spacial score (nSPS) is 33.3. The van der Waals surface area contributed by atoms with Gasteiger partial charge in [-0.3, -0.25) is 19.3 Å². The first-order valence-corrected chi connectivity index (χ1v) is 13.0. The predicted octanol–water partition coefficient (Wildman–Crippen LogP) is 1.89. The molecule has 1 aromatic carbocycles. The Bertz CT molecular complexity index is 1340. The first-order chi connectivity index (χ1) is 17.7. The zero-order chi connectivity index (χ0) is 27.9. The number of amides is 1. The van der Waals surface area contributed by atoms with Crippen molar-refractivity contribution in [2.75, 3.05) is 32.1 Å². The second kappa shape index (κ2) is 8.31. The summed E-state index contributed by atoms with van der Waals surface area (Å²) in [4.78, 5) is 43.5. The number of rotatable bonds is 3. The van der Waals surface area contributed by atoms with Gasteiger partial charge in [0.25, 0.3) is 5.91 Å². The quantitative estimate of drug-likeness (QED) is 0.371. The highest BCUT2D eigenvalue weighted by Gasteiger charge is 2.71. The number of benzene rings is 1. The van der Waals surface area contributed by atoms with Gasteiger partial charge in [-0.1, -0.05) is 19.9 Å². The minimum atomic E-state index is -2.71. The highest BCUT2D eigenvalue weighted by atomic mass is 16.4. The zero-order valence-electron chi connectivity index (χ0n) is 22.2. The van der Waals surface area contributed by atoms with Crippen LogP contribution in [0.15, 0.2) is 34.8 Å². The third-order valence-corrected chi connectivity index (χ3v) is 9.18. The SMILES string of the molecule is CN(C)C1C(O)=C(C(N)=O)C(=O)[C@]2(O)C(O)=C3C(=O)c4c(ccc(N5CCCCC5)c4O)C[C@]3(C)C[C@]12C. The summed E-state index contributed by atoms with van der Waals surface area (Å²) < 4.78 is 0. The van der Waals surface area contributed by atoms with Crippen LogP contribution in [0.2, 0.25) is 0 Å². The molecule has 1 aliphatic heterocycles. The number of nitrogens with two attached hydrogens (primary N) is 1. The third-order valence-electron chi connectivity index (χ3n) is 9.18. The lowest BCUT2D eigenvalue weighted by atomic mass is 9.47. The van der Waals surface area contributed by atoms with Gasteiger partial charge in [0.05, 0.1) is 17.3 Å². The number of phenols is 1. The molecule has 1 amide bonds. The molecule has 0 saturated carbocycles. The van der Waals surface area contributed by atoms with Gasteiger partial charge in [-0.2, -0.15) is 0 Å². The van der Waals surface area contributed by atoms with E-state index in [4.69, 9.17) is 5.73 Å². The molecule has 1 fully saturated rings. The van der Waals surface area contributed by atoms with Gasteiger partial charge in [0, 0.05) is 29.5 Å². The van der Waals surface area contributed by atoms with E-state index in [2.05, 4.69) is 0 Å². The number of nitrogens with zero attached hydrogens (tertiary/aromatic N) is 2. The topological polar surface area (TPSA) is 165 Å². The summed E-state index contributed by atoms with van der Waals surface area (Å²) >= 11 is 0. The van der Waals surface area contributed by atoms with Crippen molar-refractivity contribution in [1.29, 1.82) is 0 Å². The number of likely N-dealkylation sites (N-methyl/N-ethyl adjacent to an activating group) is 1. The standard InChI is InChI=1S/C28H35N3O7/c1-26-12-14-8-9-15(31-10-6-5-7-11-31)19(32)16(14)20(33)18(26)24(36)28(38)23(35)17(25(29)37)21(34)22(30(3)4)27(28,2)13-26/h8-9,22,32,34,36,38H,5-7,10-13H2,1-4H3,(H2,29,37)/t22?,26-,27-,28+/m1/s1. The Hall–Kier alpha value is -3.37. The molecule has 1 unspecified atom stereocenters. The molecule has 4 atom stereocenters. The lowest BCUT2D eigenvalue weighted by Gasteiger charge is -2.59. The number of Topliss-reactive ketones (excluding diaryl/α,β-unsaturated/α-hetero) is 2. The van der Waals surface area contributed by atoms with E-state index < -0.39 is 57.0 Å².